The number of carbonyl (C=O) groups is 1. The lowest BCUT2D eigenvalue weighted by Gasteiger charge is -2.13. The lowest BCUT2D eigenvalue weighted by Crippen LogP contribution is -2.20. The number of nitrogens with zero attached hydrogens (tertiary/aromatic N) is 1. The topological polar surface area (TPSA) is 56.0 Å². The summed E-state index contributed by atoms with van der Waals surface area (Å²) in [7, 11) is 0. The normalized spacial score (nSPS) is 12.6. The molecule has 0 atom stereocenters. The minimum Gasteiger partial charge on any atom is -0.366 e. The Morgan fingerprint density at radius 2 is 1.65 bits per heavy atom. The van der Waals surface area contributed by atoms with E-state index in [1.165, 1.54) is 0 Å². The van der Waals surface area contributed by atoms with Gasteiger partial charge < -0.3 is 5.73 Å². The van der Waals surface area contributed by atoms with E-state index in [2.05, 4.69) is 4.98 Å². The SMILES string of the molecule is CC(F)(F)c1cc(C(N)=O)cc(C(F)(F)F)n1. The summed E-state index contributed by atoms with van der Waals surface area (Å²) in [4.78, 5) is 13.5. The fourth-order valence-corrected chi connectivity index (χ4v) is 1.04. The van der Waals surface area contributed by atoms with Crippen LogP contribution < -0.4 is 5.73 Å². The van der Waals surface area contributed by atoms with Gasteiger partial charge in [0.05, 0.1) is 0 Å². The number of nitrogens with two attached hydrogens (primary N) is 1. The molecule has 0 radical (unpaired) electrons. The summed E-state index contributed by atoms with van der Waals surface area (Å²) in [5.41, 5.74) is 1.37. The zero-order valence-electron chi connectivity index (χ0n) is 8.48. The van der Waals surface area contributed by atoms with E-state index in [0.29, 0.717) is 19.1 Å². The van der Waals surface area contributed by atoms with Gasteiger partial charge in [0.2, 0.25) is 5.91 Å². The average Bonchev–Trinajstić information content (AvgIpc) is 2.14. The van der Waals surface area contributed by atoms with Crippen LogP contribution in [-0.4, -0.2) is 10.9 Å². The summed E-state index contributed by atoms with van der Waals surface area (Å²) in [6.07, 6.45) is -4.93. The number of hydrogen-bond donors (Lipinski definition) is 1. The highest BCUT2D eigenvalue weighted by atomic mass is 19.4. The van der Waals surface area contributed by atoms with Gasteiger partial charge in [-0.15, -0.1) is 0 Å². The Bertz CT molecular complexity index is 417. The quantitative estimate of drug-likeness (QED) is 0.823. The monoisotopic (exact) mass is 254 g/mol. The minimum absolute atomic E-state index is 0.331. The maximum absolute atomic E-state index is 12.9. The molecule has 8 heteroatoms. The fourth-order valence-electron chi connectivity index (χ4n) is 1.04. The van der Waals surface area contributed by atoms with E-state index < -0.39 is 35.0 Å². The van der Waals surface area contributed by atoms with Gasteiger partial charge in [0.15, 0.2) is 0 Å². The summed E-state index contributed by atoms with van der Waals surface area (Å²) >= 11 is 0. The van der Waals surface area contributed by atoms with Crippen LogP contribution in [0.25, 0.3) is 0 Å². The Hall–Kier alpha value is -1.73. The Balaban J connectivity index is 3.45. The predicted octanol–water partition coefficient (Wildman–Crippen LogP) is 2.31. The van der Waals surface area contributed by atoms with Crippen molar-refractivity contribution in [3.8, 4) is 0 Å². The van der Waals surface area contributed by atoms with Crippen LogP contribution in [0.2, 0.25) is 0 Å². The van der Waals surface area contributed by atoms with Crippen LogP contribution in [0.3, 0.4) is 0 Å². The van der Waals surface area contributed by atoms with Gasteiger partial charge in [-0.25, -0.2) is 4.98 Å². The number of hydrogen-bond acceptors (Lipinski definition) is 2. The number of rotatable bonds is 2. The van der Waals surface area contributed by atoms with Crippen LogP contribution in [0.5, 0.6) is 0 Å². The number of primary amides is 1. The second kappa shape index (κ2) is 3.94. The molecule has 0 aliphatic rings. The van der Waals surface area contributed by atoms with Crippen LogP contribution in [-0.2, 0) is 12.1 Å². The van der Waals surface area contributed by atoms with Gasteiger partial charge in [-0.3, -0.25) is 4.79 Å². The molecule has 0 fully saturated rings. The van der Waals surface area contributed by atoms with Gasteiger partial charge in [0.25, 0.3) is 5.92 Å². The molecule has 94 valence electrons. The predicted molar refractivity (Wildman–Crippen MR) is 47.3 cm³/mol. The highest BCUT2D eigenvalue weighted by Gasteiger charge is 2.36. The minimum atomic E-state index is -4.93. The summed E-state index contributed by atoms with van der Waals surface area (Å²) in [6.45, 7) is 0.375. The first-order valence-corrected chi connectivity index (χ1v) is 4.29. The number of alkyl halides is 5. The highest BCUT2D eigenvalue weighted by Crippen LogP contribution is 2.32. The van der Waals surface area contributed by atoms with Crippen molar-refractivity contribution in [2.24, 2.45) is 5.73 Å². The molecule has 1 aromatic heterocycles. The first kappa shape index (κ1) is 13.3. The molecule has 0 aliphatic carbocycles. The van der Waals surface area contributed by atoms with Crippen molar-refractivity contribution in [2.75, 3.05) is 0 Å². The van der Waals surface area contributed by atoms with Crippen molar-refractivity contribution in [3.63, 3.8) is 0 Å². The molecule has 0 saturated carbocycles. The summed E-state index contributed by atoms with van der Waals surface area (Å²) in [5, 5.41) is 0. The van der Waals surface area contributed by atoms with Gasteiger partial charge in [0.1, 0.15) is 11.4 Å². The first-order chi connectivity index (χ1) is 7.51. The van der Waals surface area contributed by atoms with Gasteiger partial charge in [0, 0.05) is 12.5 Å². The fraction of sp³-hybridized carbons (Fsp3) is 0.333. The van der Waals surface area contributed by atoms with E-state index in [1.54, 1.807) is 0 Å². The van der Waals surface area contributed by atoms with Gasteiger partial charge in [-0.2, -0.15) is 22.0 Å². The number of pyridine rings is 1. The first-order valence-electron chi connectivity index (χ1n) is 4.29. The average molecular weight is 254 g/mol. The van der Waals surface area contributed by atoms with Crippen LogP contribution >= 0.6 is 0 Å². The molecule has 0 bridgehead atoms. The molecule has 0 aliphatic heterocycles. The van der Waals surface area contributed by atoms with Crippen molar-refractivity contribution < 1.29 is 26.7 Å². The zero-order chi connectivity index (χ0) is 13.4. The molecule has 0 unspecified atom stereocenters. The Morgan fingerprint density at radius 1 is 1.18 bits per heavy atom. The van der Waals surface area contributed by atoms with Gasteiger partial charge >= 0.3 is 6.18 Å². The van der Waals surface area contributed by atoms with E-state index in [9.17, 15) is 26.7 Å². The lowest BCUT2D eigenvalue weighted by atomic mass is 10.1. The Morgan fingerprint density at radius 3 is 2.00 bits per heavy atom. The molecule has 2 N–H and O–H groups in total. The third-order valence-electron chi connectivity index (χ3n) is 1.85. The van der Waals surface area contributed by atoms with E-state index in [1.807, 2.05) is 0 Å². The largest absolute Gasteiger partial charge is 0.433 e. The molecule has 1 heterocycles. The summed E-state index contributed by atoms with van der Waals surface area (Å²) in [5.74, 6) is -4.82. The molecule has 0 saturated heterocycles. The van der Waals surface area contributed by atoms with Gasteiger partial charge in [-0.05, 0) is 12.1 Å². The van der Waals surface area contributed by atoms with Crippen LogP contribution in [0.1, 0.15) is 28.7 Å². The summed E-state index contributed by atoms with van der Waals surface area (Å²) in [6, 6.07) is 0.870. The second-order valence-corrected chi connectivity index (χ2v) is 3.38. The number of halogens is 5. The number of carbonyl (C=O) groups excluding carboxylic acids is 1. The van der Waals surface area contributed by atoms with Crippen molar-refractivity contribution in [3.05, 3.63) is 29.1 Å². The molecule has 1 aromatic rings. The van der Waals surface area contributed by atoms with E-state index in [0.717, 1.165) is 0 Å². The van der Waals surface area contributed by atoms with Crippen LogP contribution in [0.15, 0.2) is 12.1 Å². The van der Waals surface area contributed by atoms with Crippen molar-refractivity contribution in [1.82, 2.24) is 4.98 Å². The molecule has 17 heavy (non-hydrogen) atoms. The Kier molecular flexibility index (Phi) is 3.09. The molecular formula is C9H7F5N2O. The molecule has 1 amide bonds. The van der Waals surface area contributed by atoms with E-state index >= 15 is 0 Å². The van der Waals surface area contributed by atoms with Crippen LogP contribution in [0, 0.1) is 0 Å². The maximum Gasteiger partial charge on any atom is 0.433 e. The van der Waals surface area contributed by atoms with Crippen LogP contribution in [0.4, 0.5) is 22.0 Å². The molecular weight excluding hydrogens is 247 g/mol. The smallest absolute Gasteiger partial charge is 0.366 e. The summed E-state index contributed by atoms with van der Waals surface area (Å²) < 4.78 is 62.8. The van der Waals surface area contributed by atoms with Crippen molar-refractivity contribution >= 4 is 5.91 Å². The Labute approximate surface area is 92.4 Å². The molecule has 0 aromatic carbocycles. The van der Waals surface area contributed by atoms with E-state index in [-0.39, 0.29) is 0 Å². The third kappa shape index (κ3) is 3.11. The molecule has 0 spiro atoms. The number of amides is 1. The third-order valence-corrected chi connectivity index (χ3v) is 1.85. The molecule has 1 rings (SSSR count). The highest BCUT2D eigenvalue weighted by molar-refractivity contribution is 5.93. The van der Waals surface area contributed by atoms with E-state index in [4.69, 9.17) is 5.73 Å². The van der Waals surface area contributed by atoms with Crippen molar-refractivity contribution in [1.29, 1.82) is 0 Å². The number of aromatic nitrogens is 1. The molecule has 3 nitrogen and oxygen atoms in total. The zero-order valence-corrected chi connectivity index (χ0v) is 8.48. The van der Waals surface area contributed by atoms with Gasteiger partial charge in [-0.1, -0.05) is 0 Å². The second-order valence-electron chi connectivity index (χ2n) is 3.38. The van der Waals surface area contributed by atoms with Crippen molar-refractivity contribution in [2.45, 2.75) is 19.0 Å². The maximum atomic E-state index is 12.9. The lowest BCUT2D eigenvalue weighted by molar-refractivity contribution is -0.141. The standard InChI is InChI=1S/C9H7F5N2O/c1-8(10,11)5-2-4(7(15)17)3-6(16-5)9(12,13)14/h2-3H,1H3,(H2,15,17).